The van der Waals surface area contributed by atoms with Gasteiger partial charge in [-0.3, -0.25) is 9.36 Å². The van der Waals surface area contributed by atoms with Crippen LogP contribution in [0.2, 0.25) is 0 Å². The minimum absolute atomic E-state index is 0.00172. The molecule has 2 unspecified atom stereocenters. The Kier molecular flexibility index (Phi) is 7.80. The molecule has 4 aromatic rings. The normalized spacial score (nSPS) is 12.8. The third kappa shape index (κ3) is 5.57. The van der Waals surface area contributed by atoms with Crippen LogP contribution in [0.4, 0.5) is 0 Å². The smallest absolute Gasteiger partial charge is 0.228 e. The zero-order chi connectivity index (χ0) is 23.9. The summed E-state index contributed by atoms with van der Waals surface area (Å²) in [6.45, 7) is 6.07. The number of thioether (sulfide) groups is 1. The fourth-order valence-electron chi connectivity index (χ4n) is 3.95. The van der Waals surface area contributed by atoms with Crippen molar-refractivity contribution in [3.05, 3.63) is 107 Å². The largest absolute Gasteiger partial charge is 0.346 e. The molecule has 3 aromatic carbocycles. The summed E-state index contributed by atoms with van der Waals surface area (Å²) in [4.78, 5) is 13.2. The van der Waals surface area contributed by atoms with Crippen LogP contribution in [0.15, 0.2) is 90.1 Å². The molecule has 4 rings (SSSR count). The van der Waals surface area contributed by atoms with Gasteiger partial charge in [-0.25, -0.2) is 0 Å². The molecule has 0 spiro atoms. The van der Waals surface area contributed by atoms with E-state index in [0.717, 1.165) is 34.4 Å². The molecule has 2 atom stereocenters. The number of aryl methyl sites for hydroxylation is 1. The van der Waals surface area contributed by atoms with E-state index in [1.165, 1.54) is 11.1 Å². The van der Waals surface area contributed by atoms with E-state index in [9.17, 15) is 4.79 Å². The lowest BCUT2D eigenvalue weighted by molar-refractivity contribution is -0.123. The summed E-state index contributed by atoms with van der Waals surface area (Å²) in [5.41, 5.74) is 4.42. The molecule has 0 saturated carbocycles. The van der Waals surface area contributed by atoms with Crippen molar-refractivity contribution in [2.45, 2.75) is 50.1 Å². The van der Waals surface area contributed by atoms with Gasteiger partial charge < -0.3 is 5.32 Å². The molecule has 1 N–H and O–H groups in total. The number of hydrogen-bond acceptors (Lipinski definition) is 4. The third-order valence-electron chi connectivity index (χ3n) is 5.83. The van der Waals surface area contributed by atoms with Crippen molar-refractivity contribution in [1.82, 2.24) is 20.1 Å². The number of nitrogens with zero attached hydrogens (tertiary/aromatic N) is 3. The topological polar surface area (TPSA) is 59.8 Å². The van der Waals surface area contributed by atoms with Crippen molar-refractivity contribution >= 4 is 17.7 Å². The van der Waals surface area contributed by atoms with Crippen molar-refractivity contribution in [2.24, 2.45) is 0 Å². The van der Waals surface area contributed by atoms with E-state index in [2.05, 4.69) is 63.4 Å². The maximum Gasteiger partial charge on any atom is 0.228 e. The Morgan fingerprint density at radius 3 is 2.24 bits per heavy atom. The Labute approximate surface area is 205 Å². The number of carbonyl (C=O) groups excluding carboxylic acids is 1. The molecule has 6 heteroatoms. The van der Waals surface area contributed by atoms with Gasteiger partial charge in [-0.1, -0.05) is 97.0 Å². The number of amides is 1. The van der Waals surface area contributed by atoms with Crippen LogP contribution in [0, 0.1) is 6.92 Å². The Morgan fingerprint density at radius 2 is 1.59 bits per heavy atom. The van der Waals surface area contributed by atoms with Crippen LogP contribution < -0.4 is 5.32 Å². The first-order valence-corrected chi connectivity index (χ1v) is 12.6. The van der Waals surface area contributed by atoms with Gasteiger partial charge in [0.25, 0.3) is 0 Å². The van der Waals surface area contributed by atoms with Crippen molar-refractivity contribution in [3.63, 3.8) is 0 Å². The second kappa shape index (κ2) is 11.2. The maximum atomic E-state index is 13.2. The number of nitrogens with one attached hydrogen (secondary N) is 1. The SMILES string of the molecule is CCC(C(=O)NC(C)c1nnc(SCc2ccccc2)n1-c1ccc(C)cc1)c1ccccc1. The highest BCUT2D eigenvalue weighted by molar-refractivity contribution is 7.98. The van der Waals surface area contributed by atoms with E-state index in [1.807, 2.05) is 62.4 Å². The van der Waals surface area contributed by atoms with Crippen LogP contribution >= 0.6 is 11.8 Å². The van der Waals surface area contributed by atoms with Gasteiger partial charge in [0.15, 0.2) is 11.0 Å². The minimum Gasteiger partial charge on any atom is -0.346 e. The second-order valence-corrected chi connectivity index (χ2v) is 9.33. The first-order valence-electron chi connectivity index (χ1n) is 11.6. The molecule has 0 aliphatic rings. The Balaban J connectivity index is 1.60. The summed E-state index contributed by atoms with van der Waals surface area (Å²) < 4.78 is 2.06. The summed E-state index contributed by atoms with van der Waals surface area (Å²) in [5, 5.41) is 13.0. The number of hydrogen-bond donors (Lipinski definition) is 1. The van der Waals surface area contributed by atoms with Gasteiger partial charge in [0.05, 0.1) is 12.0 Å². The number of carbonyl (C=O) groups is 1. The average Bonchev–Trinajstić information content (AvgIpc) is 3.29. The lowest BCUT2D eigenvalue weighted by atomic mass is 9.95. The van der Waals surface area contributed by atoms with Gasteiger partial charge in [-0.05, 0) is 43.5 Å². The van der Waals surface area contributed by atoms with Crippen LogP contribution in [0.3, 0.4) is 0 Å². The molecule has 0 fully saturated rings. The van der Waals surface area contributed by atoms with E-state index in [1.54, 1.807) is 11.8 Å². The number of benzene rings is 3. The van der Waals surface area contributed by atoms with Gasteiger partial charge in [-0.15, -0.1) is 10.2 Å². The van der Waals surface area contributed by atoms with E-state index in [-0.39, 0.29) is 17.9 Å². The van der Waals surface area contributed by atoms with E-state index in [4.69, 9.17) is 0 Å². The van der Waals surface area contributed by atoms with Crippen LogP contribution in [-0.4, -0.2) is 20.7 Å². The standard InChI is InChI=1S/C28H30N4OS/c1-4-25(23-13-9-6-10-14-23)27(33)29-21(3)26-30-31-28(34-19-22-11-7-5-8-12-22)32(26)24-17-15-20(2)16-18-24/h5-18,21,25H,4,19H2,1-3H3,(H,29,33). The maximum absolute atomic E-state index is 13.2. The summed E-state index contributed by atoms with van der Waals surface area (Å²) in [6, 6.07) is 28.2. The van der Waals surface area contributed by atoms with Crippen molar-refractivity contribution in [2.75, 3.05) is 0 Å². The number of aromatic nitrogens is 3. The molecular weight excluding hydrogens is 440 g/mol. The summed E-state index contributed by atoms with van der Waals surface area (Å²) in [6.07, 6.45) is 0.728. The van der Waals surface area contributed by atoms with Gasteiger partial charge in [-0.2, -0.15) is 0 Å². The van der Waals surface area contributed by atoms with Crippen LogP contribution in [-0.2, 0) is 10.5 Å². The quantitative estimate of drug-likeness (QED) is 0.294. The lowest BCUT2D eigenvalue weighted by Gasteiger charge is -2.20. The highest BCUT2D eigenvalue weighted by Gasteiger charge is 2.25. The zero-order valence-corrected chi connectivity index (χ0v) is 20.6. The van der Waals surface area contributed by atoms with Gasteiger partial charge in [0.2, 0.25) is 5.91 Å². The fourth-order valence-corrected chi connectivity index (χ4v) is 4.86. The monoisotopic (exact) mass is 470 g/mol. The Morgan fingerprint density at radius 1 is 0.941 bits per heavy atom. The highest BCUT2D eigenvalue weighted by Crippen LogP contribution is 2.28. The predicted molar refractivity (Wildman–Crippen MR) is 138 cm³/mol. The molecule has 0 saturated heterocycles. The minimum atomic E-state index is -0.301. The summed E-state index contributed by atoms with van der Waals surface area (Å²) in [5.74, 6) is 1.30. The van der Waals surface area contributed by atoms with E-state index >= 15 is 0 Å². The van der Waals surface area contributed by atoms with Crippen molar-refractivity contribution in [1.29, 1.82) is 0 Å². The molecule has 1 heterocycles. The lowest BCUT2D eigenvalue weighted by Crippen LogP contribution is -2.32. The van der Waals surface area contributed by atoms with Gasteiger partial charge in [0, 0.05) is 11.4 Å². The van der Waals surface area contributed by atoms with Gasteiger partial charge >= 0.3 is 0 Å². The molecule has 1 aromatic heterocycles. The van der Waals surface area contributed by atoms with E-state index in [0.29, 0.717) is 0 Å². The van der Waals surface area contributed by atoms with Crippen LogP contribution in [0.25, 0.3) is 5.69 Å². The zero-order valence-electron chi connectivity index (χ0n) is 19.8. The van der Waals surface area contributed by atoms with Crippen LogP contribution in [0.5, 0.6) is 0 Å². The molecule has 0 bridgehead atoms. The first-order chi connectivity index (χ1) is 16.6. The molecule has 0 aliphatic heterocycles. The molecule has 0 radical (unpaired) electrons. The molecular formula is C28H30N4OS. The van der Waals surface area contributed by atoms with Crippen molar-refractivity contribution in [3.8, 4) is 5.69 Å². The van der Waals surface area contributed by atoms with E-state index < -0.39 is 0 Å². The summed E-state index contributed by atoms with van der Waals surface area (Å²) >= 11 is 1.64. The summed E-state index contributed by atoms with van der Waals surface area (Å²) in [7, 11) is 0. The Bertz CT molecular complexity index is 1210. The molecule has 5 nitrogen and oxygen atoms in total. The average molecular weight is 471 g/mol. The highest BCUT2D eigenvalue weighted by atomic mass is 32.2. The number of rotatable bonds is 9. The predicted octanol–water partition coefficient (Wildman–Crippen LogP) is 6.24. The van der Waals surface area contributed by atoms with Crippen molar-refractivity contribution < 1.29 is 4.79 Å². The first kappa shape index (κ1) is 23.8. The molecule has 34 heavy (non-hydrogen) atoms. The van der Waals surface area contributed by atoms with Gasteiger partial charge in [0.1, 0.15) is 0 Å². The second-order valence-electron chi connectivity index (χ2n) is 8.39. The molecule has 1 amide bonds. The van der Waals surface area contributed by atoms with Crippen LogP contribution in [0.1, 0.15) is 54.7 Å². The Hall–Kier alpha value is -3.38. The third-order valence-corrected chi connectivity index (χ3v) is 6.83. The fraction of sp³-hybridized carbons (Fsp3) is 0.250. The molecule has 174 valence electrons. The molecule has 0 aliphatic carbocycles.